The van der Waals surface area contributed by atoms with Crippen LogP contribution in [-0.4, -0.2) is 12.2 Å². The zero-order valence-corrected chi connectivity index (χ0v) is 12.0. The Balaban J connectivity index is 1.86. The first-order valence-electron chi connectivity index (χ1n) is 7.19. The minimum Gasteiger partial charge on any atom is -0.304 e. The van der Waals surface area contributed by atoms with Gasteiger partial charge in [0, 0.05) is 17.2 Å². The summed E-state index contributed by atoms with van der Waals surface area (Å²) in [5, 5.41) is 0. The summed E-state index contributed by atoms with van der Waals surface area (Å²) in [6.07, 6.45) is 1.77. The highest BCUT2D eigenvalue weighted by atomic mass is 16.2. The number of anilines is 1. The molecule has 1 unspecified atom stereocenters. The molecule has 1 atom stereocenters. The Kier molecular flexibility index (Phi) is 3.57. The first kappa shape index (κ1) is 13.6. The molecule has 1 aliphatic rings. The second kappa shape index (κ2) is 5.52. The van der Waals surface area contributed by atoms with E-state index < -0.39 is 0 Å². The number of carbonyl (C=O) groups is 2. The number of hydrogen-bond acceptors (Lipinski definition) is 2. The third-order valence-electron chi connectivity index (χ3n) is 4.06. The fourth-order valence-corrected chi connectivity index (χ4v) is 2.77. The van der Waals surface area contributed by atoms with Crippen LogP contribution in [0.5, 0.6) is 0 Å². The van der Waals surface area contributed by atoms with Crippen LogP contribution in [0.1, 0.15) is 40.7 Å². The highest BCUT2D eigenvalue weighted by molar-refractivity contribution is 6.09. The lowest BCUT2D eigenvalue weighted by Gasteiger charge is -2.17. The molecule has 21 heavy (non-hydrogen) atoms. The van der Waals surface area contributed by atoms with Crippen LogP contribution in [0.4, 0.5) is 5.69 Å². The van der Waals surface area contributed by atoms with Gasteiger partial charge in [0.05, 0.1) is 6.54 Å². The Hall–Kier alpha value is -2.42. The summed E-state index contributed by atoms with van der Waals surface area (Å²) in [6.45, 7) is 2.60. The molecular formula is C18H17NO2. The van der Waals surface area contributed by atoms with Crippen LogP contribution in [-0.2, 0) is 11.3 Å². The van der Waals surface area contributed by atoms with E-state index in [9.17, 15) is 9.59 Å². The highest BCUT2D eigenvalue weighted by Crippen LogP contribution is 2.29. The van der Waals surface area contributed by atoms with Gasteiger partial charge in [0.25, 0.3) is 5.91 Å². The molecule has 0 bridgehead atoms. The van der Waals surface area contributed by atoms with Gasteiger partial charge in [-0.05, 0) is 35.7 Å². The van der Waals surface area contributed by atoms with Gasteiger partial charge >= 0.3 is 0 Å². The van der Waals surface area contributed by atoms with Crippen molar-refractivity contribution in [1.29, 1.82) is 0 Å². The summed E-state index contributed by atoms with van der Waals surface area (Å²) < 4.78 is 0. The molecule has 1 heterocycles. The number of amides is 1. The van der Waals surface area contributed by atoms with Gasteiger partial charge in [-0.1, -0.05) is 37.3 Å². The van der Waals surface area contributed by atoms with Crippen LogP contribution in [0.25, 0.3) is 0 Å². The van der Waals surface area contributed by atoms with Crippen molar-refractivity contribution in [3.05, 3.63) is 65.2 Å². The third kappa shape index (κ3) is 2.35. The summed E-state index contributed by atoms with van der Waals surface area (Å²) in [5.74, 6) is -0.0219. The lowest BCUT2D eigenvalue weighted by Crippen LogP contribution is -2.22. The predicted octanol–water partition coefficient (Wildman–Crippen LogP) is 3.54. The van der Waals surface area contributed by atoms with E-state index in [-0.39, 0.29) is 11.8 Å². The minimum atomic E-state index is -0.0643. The molecule has 1 amide bonds. The molecule has 0 radical (unpaired) electrons. The Bertz CT molecular complexity index is 676. The van der Waals surface area contributed by atoms with Crippen molar-refractivity contribution in [2.24, 2.45) is 0 Å². The van der Waals surface area contributed by atoms with Crippen molar-refractivity contribution in [2.45, 2.75) is 25.8 Å². The number of benzene rings is 2. The summed E-state index contributed by atoms with van der Waals surface area (Å²) >= 11 is 0. The fourth-order valence-electron chi connectivity index (χ4n) is 2.77. The van der Waals surface area contributed by atoms with Gasteiger partial charge in [0.15, 0.2) is 0 Å². The van der Waals surface area contributed by atoms with E-state index in [1.54, 1.807) is 4.90 Å². The van der Waals surface area contributed by atoms with E-state index >= 15 is 0 Å². The predicted molar refractivity (Wildman–Crippen MR) is 82.5 cm³/mol. The van der Waals surface area contributed by atoms with Crippen molar-refractivity contribution in [1.82, 2.24) is 0 Å². The third-order valence-corrected chi connectivity index (χ3v) is 4.06. The second-order valence-corrected chi connectivity index (χ2v) is 5.29. The maximum atomic E-state index is 12.4. The molecule has 0 N–H and O–H groups in total. The Morgan fingerprint density at radius 2 is 1.86 bits per heavy atom. The Morgan fingerprint density at radius 3 is 2.48 bits per heavy atom. The molecule has 1 aliphatic heterocycles. The van der Waals surface area contributed by atoms with Gasteiger partial charge in [-0.2, -0.15) is 0 Å². The molecule has 106 valence electrons. The maximum absolute atomic E-state index is 12.4. The number of aldehydes is 1. The van der Waals surface area contributed by atoms with Crippen LogP contribution in [0.2, 0.25) is 0 Å². The lowest BCUT2D eigenvalue weighted by molar-refractivity contribution is -0.109. The average molecular weight is 279 g/mol. The van der Waals surface area contributed by atoms with E-state index in [4.69, 9.17) is 0 Å². The first-order valence-corrected chi connectivity index (χ1v) is 7.19. The van der Waals surface area contributed by atoms with E-state index in [1.807, 2.05) is 55.5 Å². The van der Waals surface area contributed by atoms with Gasteiger partial charge in [-0.3, -0.25) is 4.79 Å². The lowest BCUT2D eigenvalue weighted by atomic mass is 9.98. The number of rotatable bonds is 4. The zero-order valence-electron chi connectivity index (χ0n) is 12.0. The summed E-state index contributed by atoms with van der Waals surface area (Å²) in [7, 11) is 0. The van der Waals surface area contributed by atoms with Crippen molar-refractivity contribution in [2.75, 3.05) is 4.90 Å². The summed E-state index contributed by atoms with van der Waals surface area (Å²) in [4.78, 5) is 25.2. The van der Waals surface area contributed by atoms with Gasteiger partial charge < -0.3 is 9.69 Å². The minimum absolute atomic E-state index is 0.0424. The zero-order chi connectivity index (χ0) is 14.8. The molecule has 0 saturated carbocycles. The van der Waals surface area contributed by atoms with Crippen LogP contribution in [0, 0.1) is 0 Å². The molecule has 3 nitrogen and oxygen atoms in total. The van der Waals surface area contributed by atoms with Gasteiger partial charge in [0.1, 0.15) is 6.29 Å². The highest BCUT2D eigenvalue weighted by Gasteiger charge is 2.27. The topological polar surface area (TPSA) is 37.4 Å². The van der Waals surface area contributed by atoms with Crippen LogP contribution >= 0.6 is 0 Å². The monoisotopic (exact) mass is 279 g/mol. The summed E-state index contributed by atoms with van der Waals surface area (Å²) in [6, 6.07) is 15.4. The SMILES string of the molecule is CCC(C=O)c1ccc(N2Cc3ccccc3C2=O)cc1. The maximum Gasteiger partial charge on any atom is 0.258 e. The molecule has 0 fully saturated rings. The molecule has 0 aliphatic carbocycles. The number of carbonyl (C=O) groups excluding carboxylic acids is 2. The number of fused-ring (bicyclic) bond motifs is 1. The van der Waals surface area contributed by atoms with Crippen LogP contribution < -0.4 is 4.90 Å². The standard InChI is InChI=1S/C18H17NO2/c1-2-13(12-20)14-7-9-16(10-8-14)19-11-15-5-3-4-6-17(15)18(19)21/h3-10,12-13H,2,11H2,1H3. The van der Waals surface area contributed by atoms with Gasteiger partial charge in [0.2, 0.25) is 0 Å². The molecule has 3 rings (SSSR count). The van der Waals surface area contributed by atoms with E-state index in [0.29, 0.717) is 6.54 Å². The Morgan fingerprint density at radius 1 is 1.14 bits per heavy atom. The molecule has 3 heteroatoms. The first-order chi connectivity index (χ1) is 10.2. The molecule has 2 aromatic carbocycles. The van der Waals surface area contributed by atoms with Gasteiger partial charge in [-0.15, -0.1) is 0 Å². The largest absolute Gasteiger partial charge is 0.304 e. The van der Waals surface area contributed by atoms with Crippen molar-refractivity contribution in [3.63, 3.8) is 0 Å². The number of nitrogens with zero attached hydrogens (tertiary/aromatic N) is 1. The molecule has 2 aromatic rings. The molecular weight excluding hydrogens is 262 g/mol. The number of hydrogen-bond donors (Lipinski definition) is 0. The van der Waals surface area contributed by atoms with E-state index in [0.717, 1.165) is 35.1 Å². The van der Waals surface area contributed by atoms with Crippen molar-refractivity contribution in [3.8, 4) is 0 Å². The quantitative estimate of drug-likeness (QED) is 0.803. The van der Waals surface area contributed by atoms with E-state index in [1.165, 1.54) is 0 Å². The fraction of sp³-hybridized carbons (Fsp3) is 0.222. The molecule has 0 saturated heterocycles. The average Bonchev–Trinajstić information content (AvgIpc) is 2.87. The molecule has 0 aromatic heterocycles. The smallest absolute Gasteiger partial charge is 0.258 e. The van der Waals surface area contributed by atoms with Crippen LogP contribution in [0.3, 0.4) is 0 Å². The Labute approximate surface area is 124 Å². The molecule has 0 spiro atoms. The van der Waals surface area contributed by atoms with Gasteiger partial charge in [-0.25, -0.2) is 0 Å². The van der Waals surface area contributed by atoms with E-state index in [2.05, 4.69) is 0 Å². The second-order valence-electron chi connectivity index (χ2n) is 5.29. The normalized spacial score (nSPS) is 14.9. The van der Waals surface area contributed by atoms with Crippen molar-refractivity contribution < 1.29 is 9.59 Å². The summed E-state index contributed by atoms with van der Waals surface area (Å²) in [5.41, 5.74) is 3.72. The van der Waals surface area contributed by atoms with Crippen LogP contribution in [0.15, 0.2) is 48.5 Å². The van der Waals surface area contributed by atoms with Crippen molar-refractivity contribution >= 4 is 17.9 Å².